The maximum atomic E-state index is 12.9. The SMILES string of the molecule is CCC(=O)Nc1ccc(C)c(NC(=O)c2ccc3c(c2)C(=O)N(Cc2ccccc2)C3=O)c1. The minimum absolute atomic E-state index is 0.127. The van der Waals surface area contributed by atoms with Gasteiger partial charge in [0.05, 0.1) is 17.7 Å². The number of nitrogens with zero attached hydrogens (tertiary/aromatic N) is 1. The zero-order valence-corrected chi connectivity index (χ0v) is 18.3. The molecule has 0 aliphatic carbocycles. The molecule has 0 aromatic heterocycles. The number of rotatable bonds is 6. The van der Waals surface area contributed by atoms with Crippen LogP contribution < -0.4 is 10.6 Å². The first-order valence-corrected chi connectivity index (χ1v) is 10.6. The highest BCUT2D eigenvalue weighted by atomic mass is 16.2. The Balaban J connectivity index is 1.54. The number of hydrogen-bond acceptors (Lipinski definition) is 4. The van der Waals surface area contributed by atoms with Crippen molar-refractivity contribution in [2.75, 3.05) is 10.6 Å². The third kappa shape index (κ3) is 4.52. The van der Waals surface area contributed by atoms with Crippen LogP contribution >= 0.6 is 0 Å². The van der Waals surface area contributed by atoms with Gasteiger partial charge in [0.2, 0.25) is 5.91 Å². The Labute approximate surface area is 191 Å². The highest BCUT2D eigenvalue weighted by Gasteiger charge is 2.36. The molecule has 0 unspecified atom stereocenters. The zero-order valence-electron chi connectivity index (χ0n) is 18.3. The van der Waals surface area contributed by atoms with E-state index in [1.54, 1.807) is 25.1 Å². The second-order valence-corrected chi connectivity index (χ2v) is 7.83. The minimum atomic E-state index is -0.422. The molecule has 166 valence electrons. The molecule has 1 heterocycles. The average Bonchev–Trinajstić information content (AvgIpc) is 3.06. The highest BCUT2D eigenvalue weighted by Crippen LogP contribution is 2.27. The van der Waals surface area contributed by atoms with Crippen molar-refractivity contribution in [3.8, 4) is 0 Å². The molecule has 3 aromatic carbocycles. The molecule has 0 spiro atoms. The Kier molecular flexibility index (Phi) is 6.04. The Morgan fingerprint density at radius 2 is 1.58 bits per heavy atom. The van der Waals surface area contributed by atoms with Crippen molar-refractivity contribution in [1.29, 1.82) is 0 Å². The van der Waals surface area contributed by atoms with E-state index in [2.05, 4.69) is 10.6 Å². The van der Waals surface area contributed by atoms with Crippen LogP contribution in [-0.4, -0.2) is 28.5 Å². The average molecular weight is 441 g/mol. The van der Waals surface area contributed by atoms with Crippen molar-refractivity contribution < 1.29 is 19.2 Å². The number of benzene rings is 3. The Bertz CT molecular complexity index is 1270. The molecule has 4 amide bonds. The van der Waals surface area contributed by atoms with Gasteiger partial charge in [-0.15, -0.1) is 0 Å². The lowest BCUT2D eigenvalue weighted by Gasteiger charge is -2.13. The Morgan fingerprint density at radius 3 is 2.30 bits per heavy atom. The summed E-state index contributed by atoms with van der Waals surface area (Å²) in [6.45, 7) is 3.77. The zero-order chi connectivity index (χ0) is 23.5. The van der Waals surface area contributed by atoms with E-state index in [4.69, 9.17) is 0 Å². The van der Waals surface area contributed by atoms with Crippen LogP contribution in [0.4, 0.5) is 11.4 Å². The standard InChI is InChI=1S/C26H23N3O4/c1-3-23(30)27-19-11-9-16(2)22(14-19)28-24(31)18-10-12-20-21(13-18)26(33)29(25(20)32)15-17-7-5-4-6-8-17/h4-14H,3,15H2,1-2H3,(H,27,30)(H,28,31). The van der Waals surface area contributed by atoms with Crippen molar-refractivity contribution in [3.63, 3.8) is 0 Å². The van der Waals surface area contributed by atoms with E-state index in [-0.39, 0.29) is 35.0 Å². The molecular formula is C26H23N3O4. The number of carbonyl (C=O) groups is 4. The summed E-state index contributed by atoms with van der Waals surface area (Å²) in [7, 11) is 0. The Morgan fingerprint density at radius 1 is 0.848 bits per heavy atom. The van der Waals surface area contributed by atoms with Crippen molar-refractivity contribution in [2.24, 2.45) is 0 Å². The van der Waals surface area contributed by atoms with Gasteiger partial charge in [0.25, 0.3) is 17.7 Å². The molecule has 7 heteroatoms. The van der Waals surface area contributed by atoms with Crippen LogP contribution in [-0.2, 0) is 11.3 Å². The lowest BCUT2D eigenvalue weighted by atomic mass is 10.0. The first kappa shape index (κ1) is 22.0. The summed E-state index contributed by atoms with van der Waals surface area (Å²) in [5.41, 5.74) is 3.54. The quantitative estimate of drug-likeness (QED) is 0.555. The van der Waals surface area contributed by atoms with E-state index >= 15 is 0 Å². The van der Waals surface area contributed by atoms with Crippen LogP contribution in [0.25, 0.3) is 0 Å². The van der Waals surface area contributed by atoms with Gasteiger partial charge in [0.15, 0.2) is 0 Å². The molecule has 0 saturated heterocycles. The second-order valence-electron chi connectivity index (χ2n) is 7.83. The molecule has 2 N–H and O–H groups in total. The van der Waals surface area contributed by atoms with Gasteiger partial charge in [-0.3, -0.25) is 24.1 Å². The van der Waals surface area contributed by atoms with Crippen LogP contribution in [0.1, 0.15) is 55.5 Å². The van der Waals surface area contributed by atoms with Gasteiger partial charge in [-0.2, -0.15) is 0 Å². The molecular weight excluding hydrogens is 418 g/mol. The third-order valence-electron chi connectivity index (χ3n) is 5.51. The molecule has 7 nitrogen and oxygen atoms in total. The predicted molar refractivity (Wildman–Crippen MR) is 125 cm³/mol. The summed E-state index contributed by atoms with van der Waals surface area (Å²) >= 11 is 0. The van der Waals surface area contributed by atoms with Gasteiger partial charge in [0, 0.05) is 23.4 Å². The summed E-state index contributed by atoms with van der Waals surface area (Å²) in [6, 6.07) is 19.0. The molecule has 0 bridgehead atoms. The smallest absolute Gasteiger partial charge is 0.261 e. The fraction of sp³-hybridized carbons (Fsp3) is 0.154. The van der Waals surface area contributed by atoms with Crippen molar-refractivity contribution >= 4 is 35.0 Å². The topological polar surface area (TPSA) is 95.6 Å². The normalized spacial score (nSPS) is 12.5. The molecule has 1 aliphatic rings. The summed E-state index contributed by atoms with van der Waals surface area (Å²) in [5, 5.41) is 5.59. The van der Waals surface area contributed by atoms with Crippen molar-refractivity contribution in [2.45, 2.75) is 26.8 Å². The fourth-order valence-electron chi connectivity index (χ4n) is 3.62. The number of amides is 4. The molecule has 0 atom stereocenters. The van der Waals surface area contributed by atoms with E-state index in [1.165, 1.54) is 23.1 Å². The number of aryl methyl sites for hydroxylation is 1. The summed E-state index contributed by atoms with van der Waals surface area (Å²) in [4.78, 5) is 51.4. The number of fused-ring (bicyclic) bond motifs is 1. The monoisotopic (exact) mass is 441 g/mol. The number of anilines is 2. The van der Waals surface area contributed by atoms with Gasteiger partial charge < -0.3 is 10.6 Å². The van der Waals surface area contributed by atoms with E-state index in [0.717, 1.165) is 11.1 Å². The molecule has 0 saturated carbocycles. The van der Waals surface area contributed by atoms with Gasteiger partial charge in [-0.1, -0.05) is 43.3 Å². The van der Waals surface area contributed by atoms with Crippen molar-refractivity contribution in [3.05, 3.63) is 94.5 Å². The van der Waals surface area contributed by atoms with Crippen LogP contribution in [0.5, 0.6) is 0 Å². The van der Waals surface area contributed by atoms with E-state index < -0.39 is 11.8 Å². The lowest BCUT2D eigenvalue weighted by Crippen LogP contribution is -2.29. The molecule has 33 heavy (non-hydrogen) atoms. The lowest BCUT2D eigenvalue weighted by molar-refractivity contribution is -0.115. The molecule has 3 aromatic rings. The number of carbonyl (C=O) groups excluding carboxylic acids is 4. The molecule has 0 fully saturated rings. The molecule has 1 aliphatic heterocycles. The number of hydrogen-bond donors (Lipinski definition) is 2. The Hall–Kier alpha value is -4.26. The van der Waals surface area contributed by atoms with Crippen LogP contribution in [0.2, 0.25) is 0 Å². The van der Waals surface area contributed by atoms with Crippen LogP contribution in [0.15, 0.2) is 66.7 Å². The third-order valence-corrected chi connectivity index (χ3v) is 5.51. The fourth-order valence-corrected chi connectivity index (χ4v) is 3.62. The van der Waals surface area contributed by atoms with Gasteiger partial charge >= 0.3 is 0 Å². The molecule has 0 radical (unpaired) electrons. The van der Waals surface area contributed by atoms with Crippen LogP contribution in [0.3, 0.4) is 0 Å². The van der Waals surface area contributed by atoms with Crippen LogP contribution in [0, 0.1) is 6.92 Å². The number of nitrogens with one attached hydrogen (secondary N) is 2. The maximum Gasteiger partial charge on any atom is 0.261 e. The summed E-state index contributed by atoms with van der Waals surface area (Å²) < 4.78 is 0. The first-order valence-electron chi connectivity index (χ1n) is 10.6. The second kappa shape index (κ2) is 9.08. The van der Waals surface area contributed by atoms with Gasteiger partial charge in [0.1, 0.15) is 0 Å². The largest absolute Gasteiger partial charge is 0.326 e. The van der Waals surface area contributed by atoms with E-state index in [1.807, 2.05) is 37.3 Å². The maximum absolute atomic E-state index is 12.9. The molecule has 4 rings (SSSR count). The van der Waals surface area contributed by atoms with E-state index in [0.29, 0.717) is 17.8 Å². The summed E-state index contributed by atoms with van der Waals surface area (Å²) in [5.74, 6) is -1.34. The minimum Gasteiger partial charge on any atom is -0.326 e. The van der Waals surface area contributed by atoms with E-state index in [9.17, 15) is 19.2 Å². The predicted octanol–water partition coefficient (Wildman–Crippen LogP) is 4.39. The van der Waals surface area contributed by atoms with Gasteiger partial charge in [-0.25, -0.2) is 0 Å². The highest BCUT2D eigenvalue weighted by molar-refractivity contribution is 6.22. The summed E-state index contributed by atoms with van der Waals surface area (Å²) in [6.07, 6.45) is 0.346. The number of imide groups is 1. The van der Waals surface area contributed by atoms with Crippen molar-refractivity contribution in [1.82, 2.24) is 4.90 Å². The first-order chi connectivity index (χ1) is 15.9. The van der Waals surface area contributed by atoms with Gasteiger partial charge in [-0.05, 0) is 48.4 Å².